The van der Waals surface area contributed by atoms with Crippen molar-refractivity contribution in [2.75, 3.05) is 22.9 Å². The molecule has 1 atom stereocenters. The molecule has 1 heterocycles. The van der Waals surface area contributed by atoms with E-state index in [1.54, 1.807) is 12.1 Å². The number of sulfone groups is 1. The predicted octanol–water partition coefficient (Wildman–Crippen LogP) is 4.20. The summed E-state index contributed by atoms with van der Waals surface area (Å²) in [4.78, 5) is 0. The maximum atomic E-state index is 12.0. The third-order valence-corrected chi connectivity index (χ3v) is 5.86. The highest BCUT2D eigenvalue weighted by atomic mass is 35.5. The lowest BCUT2D eigenvalue weighted by Gasteiger charge is -2.19. The number of hydrogen-bond donors (Lipinski definition) is 2. The summed E-state index contributed by atoms with van der Waals surface area (Å²) in [6.45, 7) is 0.380. The van der Waals surface area contributed by atoms with Crippen LogP contribution in [0.3, 0.4) is 0 Å². The fourth-order valence-electron chi connectivity index (χ4n) is 2.57. The minimum atomic E-state index is -3.23. The van der Waals surface area contributed by atoms with Crippen LogP contribution in [0.4, 0.5) is 11.4 Å². The molecule has 0 saturated heterocycles. The summed E-state index contributed by atoms with van der Waals surface area (Å²) in [5.41, 5.74) is 2.22. The summed E-state index contributed by atoms with van der Waals surface area (Å²) in [5, 5.41) is 8.87. The third kappa shape index (κ3) is 4.04. The van der Waals surface area contributed by atoms with E-state index in [2.05, 4.69) is 10.6 Å². The second-order valence-corrected chi connectivity index (χ2v) is 8.24. The van der Waals surface area contributed by atoms with Crippen molar-refractivity contribution >= 4 is 44.4 Å². The lowest BCUT2D eigenvalue weighted by molar-refractivity contribution is 0.605. The SMILES string of the molecule is O=S1(=O)C=C(CNc2ccccc2Cl)[C@@H](Nc2ccccc2Cl)C1. The molecule has 0 radical (unpaired) electrons. The number of para-hydroxylation sites is 2. The number of anilines is 2. The zero-order valence-electron chi connectivity index (χ0n) is 12.7. The van der Waals surface area contributed by atoms with Gasteiger partial charge in [0.25, 0.3) is 0 Å². The second-order valence-electron chi connectivity index (χ2n) is 5.53. The third-order valence-electron chi connectivity index (χ3n) is 3.74. The molecule has 2 N–H and O–H groups in total. The van der Waals surface area contributed by atoms with Crippen LogP contribution in [-0.2, 0) is 9.84 Å². The fraction of sp³-hybridized carbons (Fsp3) is 0.176. The zero-order chi connectivity index (χ0) is 17.2. The van der Waals surface area contributed by atoms with E-state index in [0.717, 1.165) is 11.3 Å². The molecule has 0 amide bonds. The summed E-state index contributed by atoms with van der Waals surface area (Å²) in [6.07, 6.45) is 0. The summed E-state index contributed by atoms with van der Waals surface area (Å²) < 4.78 is 24.0. The van der Waals surface area contributed by atoms with E-state index in [-0.39, 0.29) is 11.8 Å². The number of benzene rings is 2. The molecule has 126 valence electrons. The first-order chi connectivity index (χ1) is 11.4. The monoisotopic (exact) mass is 382 g/mol. The van der Waals surface area contributed by atoms with Gasteiger partial charge in [-0.25, -0.2) is 8.42 Å². The Morgan fingerprint density at radius 2 is 1.54 bits per heavy atom. The molecule has 0 aromatic heterocycles. The molecular formula is C17H16Cl2N2O2S. The molecule has 0 fully saturated rings. The van der Waals surface area contributed by atoms with Crippen LogP contribution in [0.25, 0.3) is 0 Å². The first-order valence-corrected chi connectivity index (χ1v) is 9.84. The van der Waals surface area contributed by atoms with Crippen LogP contribution < -0.4 is 10.6 Å². The smallest absolute Gasteiger partial charge is 0.174 e. The molecule has 24 heavy (non-hydrogen) atoms. The first-order valence-electron chi connectivity index (χ1n) is 7.37. The molecular weight excluding hydrogens is 367 g/mol. The van der Waals surface area contributed by atoms with Gasteiger partial charge >= 0.3 is 0 Å². The van der Waals surface area contributed by atoms with Crippen molar-refractivity contribution in [2.24, 2.45) is 0 Å². The Morgan fingerprint density at radius 1 is 0.958 bits per heavy atom. The molecule has 1 aliphatic rings. The Morgan fingerprint density at radius 3 is 2.17 bits per heavy atom. The Balaban J connectivity index is 1.76. The van der Waals surface area contributed by atoms with Gasteiger partial charge in [-0.2, -0.15) is 0 Å². The largest absolute Gasteiger partial charge is 0.380 e. The van der Waals surface area contributed by atoms with E-state index in [0.29, 0.717) is 22.3 Å². The standard InChI is InChI=1S/C17H16Cl2N2O2S/c18-13-5-1-3-7-15(13)20-9-12-10-24(22,23)11-17(12)21-16-8-4-2-6-14(16)19/h1-8,10,17,20-21H,9,11H2/t17-/m0/s1. The molecule has 0 unspecified atom stereocenters. The lowest BCUT2D eigenvalue weighted by atomic mass is 10.1. The van der Waals surface area contributed by atoms with Crippen LogP contribution in [0.15, 0.2) is 59.5 Å². The van der Waals surface area contributed by atoms with Crippen LogP contribution in [-0.4, -0.2) is 26.8 Å². The van der Waals surface area contributed by atoms with Crippen molar-refractivity contribution in [1.29, 1.82) is 0 Å². The van der Waals surface area contributed by atoms with Gasteiger partial charge in [-0.15, -0.1) is 0 Å². The van der Waals surface area contributed by atoms with Gasteiger partial charge in [0.05, 0.1) is 33.2 Å². The van der Waals surface area contributed by atoms with Crippen LogP contribution in [0.5, 0.6) is 0 Å². The van der Waals surface area contributed by atoms with Crippen LogP contribution >= 0.6 is 23.2 Å². The van der Waals surface area contributed by atoms with E-state index in [1.165, 1.54) is 5.41 Å². The van der Waals surface area contributed by atoms with E-state index in [9.17, 15) is 8.42 Å². The second kappa shape index (κ2) is 7.05. The van der Waals surface area contributed by atoms with Crippen molar-refractivity contribution < 1.29 is 8.42 Å². The topological polar surface area (TPSA) is 58.2 Å². The number of nitrogens with one attached hydrogen (secondary N) is 2. The molecule has 0 saturated carbocycles. The quantitative estimate of drug-likeness (QED) is 0.813. The summed E-state index contributed by atoms with van der Waals surface area (Å²) in [7, 11) is -3.23. The van der Waals surface area contributed by atoms with Gasteiger partial charge in [-0.3, -0.25) is 0 Å². The maximum Gasteiger partial charge on any atom is 0.174 e. The van der Waals surface area contributed by atoms with E-state index in [1.807, 2.05) is 36.4 Å². The zero-order valence-corrected chi connectivity index (χ0v) is 15.0. The van der Waals surface area contributed by atoms with Crippen LogP contribution in [0.1, 0.15) is 0 Å². The molecule has 2 aromatic carbocycles. The molecule has 0 spiro atoms. The lowest BCUT2D eigenvalue weighted by Crippen LogP contribution is -2.27. The number of hydrogen-bond acceptors (Lipinski definition) is 4. The summed E-state index contributed by atoms with van der Waals surface area (Å²) in [5.74, 6) is 0.0117. The van der Waals surface area contributed by atoms with E-state index in [4.69, 9.17) is 23.2 Å². The van der Waals surface area contributed by atoms with E-state index >= 15 is 0 Å². The van der Waals surface area contributed by atoms with Crippen molar-refractivity contribution in [2.45, 2.75) is 6.04 Å². The minimum Gasteiger partial charge on any atom is -0.380 e. The van der Waals surface area contributed by atoms with Gasteiger partial charge in [0.2, 0.25) is 0 Å². The van der Waals surface area contributed by atoms with Crippen molar-refractivity contribution in [3.63, 3.8) is 0 Å². The van der Waals surface area contributed by atoms with Crippen molar-refractivity contribution in [3.05, 3.63) is 69.6 Å². The highest BCUT2D eigenvalue weighted by Crippen LogP contribution is 2.27. The minimum absolute atomic E-state index is 0.0117. The molecule has 1 aliphatic heterocycles. The fourth-order valence-corrected chi connectivity index (χ4v) is 4.53. The van der Waals surface area contributed by atoms with Gasteiger partial charge in [-0.05, 0) is 29.8 Å². The van der Waals surface area contributed by atoms with Gasteiger partial charge in [0.15, 0.2) is 9.84 Å². The summed E-state index contributed by atoms with van der Waals surface area (Å²) >= 11 is 12.3. The Kier molecular flexibility index (Phi) is 5.04. The summed E-state index contributed by atoms with van der Waals surface area (Å²) in [6, 6.07) is 14.3. The Hall–Kier alpha value is -1.69. The van der Waals surface area contributed by atoms with Gasteiger partial charge in [-0.1, -0.05) is 47.5 Å². The molecule has 2 aromatic rings. The van der Waals surface area contributed by atoms with Gasteiger partial charge < -0.3 is 10.6 Å². The van der Waals surface area contributed by atoms with Crippen molar-refractivity contribution in [3.8, 4) is 0 Å². The highest BCUT2D eigenvalue weighted by Gasteiger charge is 2.29. The number of rotatable bonds is 5. The average Bonchev–Trinajstić information content (AvgIpc) is 2.83. The Labute approximate surface area is 151 Å². The molecule has 4 nitrogen and oxygen atoms in total. The molecule has 0 aliphatic carbocycles. The van der Waals surface area contributed by atoms with Gasteiger partial charge in [0, 0.05) is 12.0 Å². The first kappa shape index (κ1) is 17.1. The maximum absolute atomic E-state index is 12.0. The van der Waals surface area contributed by atoms with Crippen LogP contribution in [0.2, 0.25) is 10.0 Å². The normalized spacial score (nSPS) is 18.9. The Bertz CT molecular complexity index is 882. The molecule has 7 heteroatoms. The highest BCUT2D eigenvalue weighted by molar-refractivity contribution is 7.94. The number of halogens is 2. The predicted molar refractivity (Wildman–Crippen MR) is 101 cm³/mol. The van der Waals surface area contributed by atoms with Gasteiger partial charge in [0.1, 0.15) is 0 Å². The molecule has 3 rings (SSSR count). The molecule has 0 bridgehead atoms. The van der Waals surface area contributed by atoms with Crippen LogP contribution in [0, 0.1) is 0 Å². The average molecular weight is 383 g/mol. The van der Waals surface area contributed by atoms with Crippen molar-refractivity contribution in [1.82, 2.24) is 0 Å². The van der Waals surface area contributed by atoms with E-state index < -0.39 is 9.84 Å².